The molecule has 0 aromatic heterocycles. The summed E-state index contributed by atoms with van der Waals surface area (Å²) in [5.41, 5.74) is 2.02. The van der Waals surface area contributed by atoms with Gasteiger partial charge in [0.1, 0.15) is 11.5 Å². The number of phenolic OH excluding ortho intramolecular Hbond substituents is 1. The number of benzene rings is 1. The van der Waals surface area contributed by atoms with Gasteiger partial charge in [-0.1, -0.05) is 25.5 Å². The number of phenols is 1. The predicted octanol–water partition coefficient (Wildman–Crippen LogP) is 4.07. The van der Waals surface area contributed by atoms with E-state index in [0.717, 1.165) is 55.4 Å². The fourth-order valence-electron chi connectivity index (χ4n) is 4.18. The van der Waals surface area contributed by atoms with E-state index >= 15 is 0 Å². The summed E-state index contributed by atoms with van der Waals surface area (Å²) >= 11 is 0. The number of amides is 1. The number of hydrogen-bond donors (Lipinski definition) is 2. The second-order valence-electron chi connectivity index (χ2n) is 7.38. The number of fused-ring (bicyclic) bond motifs is 3. The van der Waals surface area contributed by atoms with Gasteiger partial charge in [-0.2, -0.15) is 0 Å². The lowest BCUT2D eigenvalue weighted by Crippen LogP contribution is -2.41. The Morgan fingerprint density at radius 2 is 2.20 bits per heavy atom. The lowest BCUT2D eigenvalue weighted by Gasteiger charge is -2.40. The van der Waals surface area contributed by atoms with E-state index in [2.05, 4.69) is 30.5 Å². The van der Waals surface area contributed by atoms with Crippen LogP contribution < -0.4 is 10.1 Å². The fraction of sp³-hybridized carbons (Fsp3) is 0.571. The van der Waals surface area contributed by atoms with Gasteiger partial charge in [0.15, 0.2) is 0 Å². The molecule has 1 saturated carbocycles. The van der Waals surface area contributed by atoms with Crippen molar-refractivity contribution in [1.82, 2.24) is 5.32 Å². The molecule has 0 spiro atoms. The molecule has 4 heteroatoms. The molecule has 1 fully saturated rings. The average molecular weight is 343 g/mol. The van der Waals surface area contributed by atoms with Gasteiger partial charge in [-0.05, 0) is 55.7 Å². The molecule has 1 aromatic rings. The Morgan fingerprint density at radius 1 is 1.36 bits per heavy atom. The second-order valence-corrected chi connectivity index (χ2v) is 7.38. The maximum atomic E-state index is 11.4. The molecule has 1 aliphatic carbocycles. The first-order valence-electron chi connectivity index (χ1n) is 9.49. The van der Waals surface area contributed by atoms with Gasteiger partial charge in [-0.15, -0.1) is 0 Å². The van der Waals surface area contributed by atoms with Crippen LogP contribution in [-0.4, -0.2) is 23.7 Å². The number of nitrogens with one attached hydrogen (secondary N) is 1. The van der Waals surface area contributed by atoms with Crippen molar-refractivity contribution < 1.29 is 14.6 Å². The summed E-state index contributed by atoms with van der Waals surface area (Å²) in [6.07, 6.45) is 10.3. The Labute approximate surface area is 150 Å². The lowest BCUT2D eigenvalue weighted by atomic mass is 9.72. The van der Waals surface area contributed by atoms with Crippen LogP contribution in [0.15, 0.2) is 24.3 Å². The number of rotatable bonds is 5. The predicted molar refractivity (Wildman–Crippen MR) is 99.0 cm³/mol. The van der Waals surface area contributed by atoms with Crippen LogP contribution in [0.5, 0.6) is 11.5 Å². The first-order valence-corrected chi connectivity index (χ1v) is 9.49. The Morgan fingerprint density at radius 3 is 2.96 bits per heavy atom. The smallest absolute Gasteiger partial charge is 0.217 e. The third-order valence-electron chi connectivity index (χ3n) is 5.38. The fourth-order valence-corrected chi connectivity index (χ4v) is 4.18. The molecule has 136 valence electrons. The molecular weight excluding hydrogens is 314 g/mol. The zero-order valence-corrected chi connectivity index (χ0v) is 15.3. The normalized spacial score (nSPS) is 25.1. The average Bonchev–Trinajstić information content (AvgIpc) is 2.57. The van der Waals surface area contributed by atoms with Gasteiger partial charge >= 0.3 is 0 Å². The minimum atomic E-state index is 0.0224. The topological polar surface area (TPSA) is 58.6 Å². The molecule has 3 unspecified atom stereocenters. The largest absolute Gasteiger partial charge is 0.508 e. The molecule has 1 aliphatic heterocycles. The van der Waals surface area contributed by atoms with Crippen molar-refractivity contribution in [2.75, 3.05) is 6.61 Å². The van der Waals surface area contributed by atoms with Crippen LogP contribution in [0.3, 0.4) is 0 Å². The first kappa shape index (κ1) is 17.8. The van der Waals surface area contributed by atoms with Crippen LogP contribution >= 0.6 is 0 Å². The van der Waals surface area contributed by atoms with Gasteiger partial charge in [0.2, 0.25) is 5.91 Å². The molecule has 2 aliphatic rings. The van der Waals surface area contributed by atoms with Crippen molar-refractivity contribution in [3.8, 4) is 11.5 Å². The van der Waals surface area contributed by atoms with Crippen LogP contribution in [0.1, 0.15) is 63.0 Å². The zero-order chi connectivity index (χ0) is 17.8. The van der Waals surface area contributed by atoms with Crippen molar-refractivity contribution in [2.45, 2.75) is 64.3 Å². The van der Waals surface area contributed by atoms with Gasteiger partial charge < -0.3 is 15.2 Å². The minimum absolute atomic E-state index is 0.0224. The molecule has 0 saturated heterocycles. The molecule has 25 heavy (non-hydrogen) atoms. The van der Waals surface area contributed by atoms with Gasteiger partial charge in [0, 0.05) is 24.4 Å². The minimum Gasteiger partial charge on any atom is -0.508 e. The van der Waals surface area contributed by atoms with Crippen molar-refractivity contribution >= 4 is 5.91 Å². The van der Waals surface area contributed by atoms with Crippen molar-refractivity contribution in [3.05, 3.63) is 35.4 Å². The molecule has 1 amide bonds. The van der Waals surface area contributed by atoms with E-state index in [1.165, 1.54) is 0 Å². The molecular formula is C21H29NO3. The monoisotopic (exact) mass is 343 g/mol. The van der Waals surface area contributed by atoms with E-state index < -0.39 is 0 Å². The quantitative estimate of drug-likeness (QED) is 0.792. The summed E-state index contributed by atoms with van der Waals surface area (Å²) in [6.45, 7) is 4.44. The number of ether oxygens (including phenoxy) is 1. The zero-order valence-electron chi connectivity index (χ0n) is 15.3. The van der Waals surface area contributed by atoms with Crippen LogP contribution in [0.4, 0.5) is 0 Å². The third kappa shape index (κ3) is 4.17. The van der Waals surface area contributed by atoms with E-state index in [1.54, 1.807) is 6.92 Å². The summed E-state index contributed by atoms with van der Waals surface area (Å²) in [5, 5.41) is 13.7. The van der Waals surface area contributed by atoms with Crippen molar-refractivity contribution in [3.63, 3.8) is 0 Å². The van der Waals surface area contributed by atoms with Crippen molar-refractivity contribution in [2.24, 2.45) is 5.92 Å². The maximum absolute atomic E-state index is 11.4. The van der Waals surface area contributed by atoms with Crippen LogP contribution in [-0.2, 0) is 11.2 Å². The van der Waals surface area contributed by atoms with E-state index in [1.807, 2.05) is 6.07 Å². The third-order valence-corrected chi connectivity index (χ3v) is 5.38. The summed E-state index contributed by atoms with van der Waals surface area (Å²) in [7, 11) is 0. The Balaban J connectivity index is 1.79. The Hall–Kier alpha value is -1.97. The van der Waals surface area contributed by atoms with E-state index in [-0.39, 0.29) is 17.9 Å². The van der Waals surface area contributed by atoms with E-state index in [0.29, 0.717) is 18.3 Å². The number of hydrogen-bond acceptors (Lipinski definition) is 3. The molecule has 3 rings (SSSR count). The van der Waals surface area contributed by atoms with Gasteiger partial charge in [-0.25, -0.2) is 0 Å². The highest BCUT2D eigenvalue weighted by molar-refractivity contribution is 5.73. The second kappa shape index (κ2) is 7.94. The summed E-state index contributed by atoms with van der Waals surface area (Å²) in [5.74, 6) is 1.88. The van der Waals surface area contributed by atoms with E-state index in [4.69, 9.17) is 4.74 Å². The van der Waals surface area contributed by atoms with Crippen LogP contribution in [0, 0.1) is 5.92 Å². The molecule has 1 heterocycles. The van der Waals surface area contributed by atoms with Crippen LogP contribution in [0.25, 0.3) is 0 Å². The standard InChI is InChI=1S/C21H29NO3/c1-3-4-5-6-7-15-10-19(24)21-18-12-17(22-14(2)23)9-8-16(18)13-25-20(21)11-15/h5-6,10-11,16-18,24H,3-4,7-9,12-13H2,1-2H3,(H,22,23)/b6-5+. The SMILES string of the molecule is CCC/C=C/Cc1cc(O)c2c(c1)OCC1CCC(NC(C)=O)CC21. The Bertz CT molecular complexity index is 653. The van der Waals surface area contributed by atoms with E-state index in [9.17, 15) is 9.90 Å². The summed E-state index contributed by atoms with van der Waals surface area (Å²) in [6, 6.07) is 4.15. The highest BCUT2D eigenvalue weighted by atomic mass is 16.5. The Kier molecular flexibility index (Phi) is 5.67. The lowest BCUT2D eigenvalue weighted by molar-refractivity contribution is -0.120. The molecule has 3 atom stereocenters. The molecule has 2 N–H and O–H groups in total. The molecule has 0 radical (unpaired) electrons. The highest BCUT2D eigenvalue weighted by Crippen LogP contribution is 2.49. The van der Waals surface area contributed by atoms with Crippen molar-refractivity contribution in [1.29, 1.82) is 0 Å². The molecule has 4 nitrogen and oxygen atoms in total. The number of aromatic hydroxyl groups is 1. The molecule has 1 aromatic carbocycles. The first-order chi connectivity index (χ1) is 12.1. The number of unbranched alkanes of at least 4 members (excludes halogenated alkanes) is 1. The number of carbonyl (C=O) groups is 1. The van der Waals surface area contributed by atoms with Gasteiger partial charge in [-0.3, -0.25) is 4.79 Å². The number of carbonyl (C=O) groups excluding carboxylic acids is 1. The highest BCUT2D eigenvalue weighted by Gasteiger charge is 2.38. The number of allylic oxidation sites excluding steroid dienone is 2. The van der Waals surface area contributed by atoms with Gasteiger partial charge in [0.05, 0.1) is 6.61 Å². The molecule has 0 bridgehead atoms. The summed E-state index contributed by atoms with van der Waals surface area (Å²) in [4.78, 5) is 11.4. The van der Waals surface area contributed by atoms with Crippen LogP contribution in [0.2, 0.25) is 0 Å². The maximum Gasteiger partial charge on any atom is 0.217 e. The summed E-state index contributed by atoms with van der Waals surface area (Å²) < 4.78 is 5.99. The van der Waals surface area contributed by atoms with Gasteiger partial charge in [0.25, 0.3) is 0 Å².